The van der Waals surface area contributed by atoms with Gasteiger partial charge in [0.15, 0.2) is 5.16 Å². The van der Waals surface area contributed by atoms with Crippen LogP contribution in [-0.2, 0) is 11.0 Å². The number of para-hydroxylation sites is 1. The van der Waals surface area contributed by atoms with E-state index in [0.717, 1.165) is 6.07 Å². The molecule has 27 heavy (non-hydrogen) atoms. The Labute approximate surface area is 158 Å². The average molecular weight is 397 g/mol. The van der Waals surface area contributed by atoms with Gasteiger partial charge < -0.3 is 5.32 Å². The topological polar surface area (TPSA) is 64.0 Å². The Bertz CT molecular complexity index is 925. The summed E-state index contributed by atoms with van der Waals surface area (Å²) < 4.78 is 40.6. The van der Waals surface area contributed by atoms with Crippen molar-refractivity contribution >= 4 is 23.4 Å². The van der Waals surface area contributed by atoms with E-state index in [2.05, 4.69) is 10.3 Å². The summed E-state index contributed by atoms with van der Waals surface area (Å²) in [6.45, 7) is 3.86. The van der Waals surface area contributed by atoms with Crippen molar-refractivity contribution in [3.8, 4) is 0 Å². The summed E-state index contributed by atoms with van der Waals surface area (Å²) in [6, 6.07) is 5.82. The maximum absolute atomic E-state index is 13.0. The quantitative estimate of drug-likeness (QED) is 0.791. The molecule has 1 aliphatic rings. The predicted molar refractivity (Wildman–Crippen MR) is 97.0 cm³/mol. The lowest BCUT2D eigenvalue weighted by molar-refractivity contribution is -0.137. The molecule has 0 fully saturated rings. The van der Waals surface area contributed by atoms with Gasteiger partial charge in [-0.25, -0.2) is 4.98 Å². The van der Waals surface area contributed by atoms with E-state index in [1.807, 2.05) is 13.8 Å². The van der Waals surface area contributed by atoms with Crippen molar-refractivity contribution in [2.45, 2.75) is 43.6 Å². The van der Waals surface area contributed by atoms with Gasteiger partial charge in [-0.15, -0.1) is 0 Å². The number of hydrogen-bond acceptors (Lipinski definition) is 4. The van der Waals surface area contributed by atoms with Crippen LogP contribution in [0.1, 0.15) is 43.5 Å². The Hall–Kier alpha value is -2.29. The number of thioether (sulfide) groups is 1. The lowest BCUT2D eigenvalue weighted by Gasteiger charge is -2.16. The first kappa shape index (κ1) is 19.5. The summed E-state index contributed by atoms with van der Waals surface area (Å²) in [5.41, 5.74) is -0.758. The summed E-state index contributed by atoms with van der Waals surface area (Å²) in [5.74, 6) is -0.00611. The van der Waals surface area contributed by atoms with E-state index in [9.17, 15) is 22.8 Å². The summed E-state index contributed by atoms with van der Waals surface area (Å²) >= 11 is 1.37. The molecule has 3 rings (SSSR count). The van der Waals surface area contributed by atoms with Crippen molar-refractivity contribution in [2.24, 2.45) is 0 Å². The molecule has 1 aromatic carbocycles. The molecule has 2 aromatic rings. The number of halogens is 3. The number of amides is 1. The number of fused-ring (bicyclic) bond motifs is 1. The van der Waals surface area contributed by atoms with Gasteiger partial charge in [-0.2, -0.15) is 13.2 Å². The normalized spacial score (nSPS) is 16.4. The van der Waals surface area contributed by atoms with E-state index in [1.54, 1.807) is 0 Å². The highest BCUT2D eigenvalue weighted by atomic mass is 32.2. The fraction of sp³-hybridized carbons (Fsp3) is 0.389. The van der Waals surface area contributed by atoms with E-state index in [4.69, 9.17) is 0 Å². The molecule has 0 radical (unpaired) electrons. The Morgan fingerprint density at radius 3 is 2.74 bits per heavy atom. The first-order chi connectivity index (χ1) is 12.7. The number of hydrogen-bond donors (Lipinski definition) is 1. The molecule has 0 unspecified atom stereocenters. The first-order valence-corrected chi connectivity index (χ1v) is 9.37. The Morgan fingerprint density at radius 2 is 2.07 bits per heavy atom. The molecular weight excluding hydrogens is 379 g/mol. The molecular formula is C18H18F3N3O2S. The predicted octanol–water partition coefficient (Wildman–Crippen LogP) is 4.06. The van der Waals surface area contributed by atoms with E-state index >= 15 is 0 Å². The third-order valence-corrected chi connectivity index (χ3v) is 5.33. The van der Waals surface area contributed by atoms with Gasteiger partial charge in [-0.05, 0) is 18.1 Å². The minimum atomic E-state index is -4.56. The number of carbonyl (C=O) groups is 1. The number of alkyl halides is 3. The minimum absolute atomic E-state index is 0.102. The van der Waals surface area contributed by atoms with E-state index in [-0.39, 0.29) is 23.6 Å². The van der Waals surface area contributed by atoms with Crippen molar-refractivity contribution in [2.75, 3.05) is 11.1 Å². The van der Waals surface area contributed by atoms with Crippen LogP contribution in [0.2, 0.25) is 0 Å². The van der Waals surface area contributed by atoms with Crippen LogP contribution in [0.5, 0.6) is 0 Å². The largest absolute Gasteiger partial charge is 0.418 e. The van der Waals surface area contributed by atoms with Crippen LogP contribution in [-0.4, -0.2) is 21.2 Å². The van der Waals surface area contributed by atoms with Crippen molar-refractivity contribution in [1.29, 1.82) is 0 Å². The summed E-state index contributed by atoms with van der Waals surface area (Å²) in [6.07, 6.45) is -4.66. The molecule has 144 valence electrons. The van der Waals surface area contributed by atoms with Gasteiger partial charge in [0.1, 0.15) is 0 Å². The number of rotatable bonds is 4. The van der Waals surface area contributed by atoms with Gasteiger partial charge in [-0.1, -0.05) is 37.7 Å². The second-order valence-corrected chi connectivity index (χ2v) is 7.57. The van der Waals surface area contributed by atoms with Crippen LogP contribution in [0.4, 0.5) is 18.9 Å². The van der Waals surface area contributed by atoms with Crippen molar-refractivity contribution in [1.82, 2.24) is 9.55 Å². The second kappa shape index (κ2) is 7.38. The van der Waals surface area contributed by atoms with Crippen LogP contribution in [0, 0.1) is 0 Å². The number of anilines is 1. The summed E-state index contributed by atoms with van der Waals surface area (Å²) in [5, 5.41) is 2.86. The molecule has 0 bridgehead atoms. The lowest BCUT2D eigenvalue weighted by Crippen LogP contribution is -2.28. The van der Waals surface area contributed by atoms with Gasteiger partial charge >= 0.3 is 6.18 Å². The zero-order valence-electron chi connectivity index (χ0n) is 14.7. The Balaban J connectivity index is 1.78. The van der Waals surface area contributed by atoms with E-state index in [1.165, 1.54) is 40.6 Å². The van der Waals surface area contributed by atoms with Gasteiger partial charge in [0.05, 0.1) is 23.0 Å². The summed E-state index contributed by atoms with van der Waals surface area (Å²) in [7, 11) is 0. The monoisotopic (exact) mass is 397 g/mol. The summed E-state index contributed by atoms with van der Waals surface area (Å²) in [4.78, 5) is 29.2. The highest BCUT2D eigenvalue weighted by molar-refractivity contribution is 7.99. The van der Waals surface area contributed by atoms with Gasteiger partial charge in [0, 0.05) is 18.2 Å². The zero-order valence-corrected chi connectivity index (χ0v) is 15.5. The molecule has 1 aromatic heterocycles. The van der Waals surface area contributed by atoms with E-state index < -0.39 is 23.7 Å². The van der Waals surface area contributed by atoms with Gasteiger partial charge in [-0.3, -0.25) is 14.2 Å². The molecule has 0 spiro atoms. The maximum Gasteiger partial charge on any atom is 0.418 e. The smallest absolute Gasteiger partial charge is 0.325 e. The Morgan fingerprint density at radius 1 is 1.37 bits per heavy atom. The molecule has 0 saturated heterocycles. The zero-order chi connectivity index (χ0) is 19.8. The van der Waals surface area contributed by atoms with Gasteiger partial charge in [0.25, 0.3) is 5.56 Å². The Kier molecular flexibility index (Phi) is 5.32. The first-order valence-electron chi connectivity index (χ1n) is 8.39. The van der Waals surface area contributed by atoms with Crippen molar-refractivity contribution in [3.63, 3.8) is 0 Å². The van der Waals surface area contributed by atoms with E-state index in [0.29, 0.717) is 16.6 Å². The van der Waals surface area contributed by atoms with Crippen LogP contribution < -0.4 is 10.9 Å². The van der Waals surface area contributed by atoms with Crippen molar-refractivity contribution in [3.05, 3.63) is 51.9 Å². The molecule has 1 aliphatic heterocycles. The molecule has 1 amide bonds. The minimum Gasteiger partial charge on any atom is -0.325 e. The number of nitrogens with zero attached hydrogens (tertiary/aromatic N) is 2. The SMILES string of the molecule is CC(C)c1cc(=O)n2c(n1)SC[C@H]2CC(=O)Nc1ccccc1C(F)(F)F. The third kappa shape index (κ3) is 4.18. The molecule has 5 nitrogen and oxygen atoms in total. The highest BCUT2D eigenvalue weighted by Crippen LogP contribution is 2.36. The number of benzene rings is 1. The fourth-order valence-electron chi connectivity index (χ4n) is 2.87. The van der Waals surface area contributed by atoms with Crippen LogP contribution in [0.3, 0.4) is 0 Å². The molecule has 2 heterocycles. The van der Waals surface area contributed by atoms with Gasteiger partial charge in [0.2, 0.25) is 5.91 Å². The molecule has 9 heteroatoms. The molecule has 0 saturated carbocycles. The number of carbonyl (C=O) groups excluding carboxylic acids is 1. The van der Waals surface area contributed by atoms with Crippen LogP contribution in [0.15, 0.2) is 40.3 Å². The molecule has 0 aliphatic carbocycles. The number of aromatic nitrogens is 2. The number of nitrogens with one attached hydrogen (secondary N) is 1. The van der Waals surface area contributed by atoms with Crippen LogP contribution in [0.25, 0.3) is 0 Å². The average Bonchev–Trinajstić information content (AvgIpc) is 2.97. The maximum atomic E-state index is 13.0. The highest BCUT2D eigenvalue weighted by Gasteiger charge is 2.34. The molecule has 1 N–H and O–H groups in total. The fourth-order valence-corrected chi connectivity index (χ4v) is 4.03. The standard InChI is InChI=1S/C18H18F3N3O2S/c1-10(2)14-8-16(26)24-11(9-27-17(24)23-14)7-15(25)22-13-6-4-3-5-12(13)18(19,20)21/h3-6,8,10-11H,7,9H2,1-2H3,(H,22,25)/t11-/m1/s1. The lowest BCUT2D eigenvalue weighted by atomic mass is 10.1. The van der Waals surface area contributed by atoms with Crippen molar-refractivity contribution < 1.29 is 18.0 Å². The van der Waals surface area contributed by atoms with Crippen LogP contribution >= 0.6 is 11.8 Å². The molecule has 1 atom stereocenters. The third-order valence-electron chi connectivity index (χ3n) is 4.23. The second-order valence-electron chi connectivity index (χ2n) is 6.59.